The molecule has 1 aliphatic heterocycles. The second-order valence-corrected chi connectivity index (χ2v) is 4.92. The molecule has 110 valence electrons. The first-order valence-electron chi connectivity index (χ1n) is 6.98. The van der Waals surface area contributed by atoms with Crippen molar-refractivity contribution in [3.05, 3.63) is 40.7 Å². The fraction of sp³-hybridized carbons (Fsp3) is 0.333. The average molecular weight is 286 g/mol. The van der Waals surface area contributed by atoms with Gasteiger partial charge in [0.25, 0.3) is 5.56 Å². The highest BCUT2D eigenvalue weighted by molar-refractivity contribution is 5.62. The van der Waals surface area contributed by atoms with Crippen molar-refractivity contribution in [2.45, 2.75) is 0 Å². The quantitative estimate of drug-likeness (QED) is 0.875. The normalized spacial score (nSPS) is 15.0. The predicted molar refractivity (Wildman–Crippen MR) is 81.9 cm³/mol. The van der Waals surface area contributed by atoms with Gasteiger partial charge in [0.1, 0.15) is 5.75 Å². The number of piperazine rings is 1. The molecule has 6 heteroatoms. The van der Waals surface area contributed by atoms with Crippen molar-refractivity contribution in [1.82, 2.24) is 15.3 Å². The molecule has 0 amide bonds. The summed E-state index contributed by atoms with van der Waals surface area (Å²) in [5.41, 5.74) is 1.39. The third kappa shape index (κ3) is 3.05. The van der Waals surface area contributed by atoms with Gasteiger partial charge in [0, 0.05) is 37.8 Å². The Morgan fingerprint density at radius 1 is 1.24 bits per heavy atom. The van der Waals surface area contributed by atoms with Crippen molar-refractivity contribution in [2.75, 3.05) is 38.2 Å². The Labute approximate surface area is 122 Å². The molecule has 0 bridgehead atoms. The highest BCUT2D eigenvalue weighted by Crippen LogP contribution is 2.22. The van der Waals surface area contributed by atoms with E-state index in [1.165, 1.54) is 6.07 Å². The van der Waals surface area contributed by atoms with E-state index in [9.17, 15) is 4.79 Å². The van der Waals surface area contributed by atoms with Gasteiger partial charge in [-0.3, -0.25) is 9.78 Å². The van der Waals surface area contributed by atoms with E-state index >= 15 is 0 Å². The van der Waals surface area contributed by atoms with E-state index < -0.39 is 0 Å². The zero-order valence-corrected chi connectivity index (χ0v) is 11.9. The summed E-state index contributed by atoms with van der Waals surface area (Å²) >= 11 is 0. The van der Waals surface area contributed by atoms with Gasteiger partial charge in [-0.15, -0.1) is 0 Å². The number of hydrogen-bond donors (Lipinski definition) is 2. The van der Waals surface area contributed by atoms with Gasteiger partial charge in [-0.1, -0.05) is 12.1 Å². The zero-order valence-electron chi connectivity index (χ0n) is 11.9. The topological polar surface area (TPSA) is 70.2 Å². The number of rotatable bonds is 3. The minimum Gasteiger partial charge on any atom is -0.497 e. The molecule has 2 aromatic rings. The van der Waals surface area contributed by atoms with E-state index in [2.05, 4.69) is 20.2 Å². The van der Waals surface area contributed by atoms with Crippen LogP contribution in [-0.2, 0) is 0 Å². The second kappa shape index (κ2) is 5.97. The van der Waals surface area contributed by atoms with Crippen LogP contribution in [-0.4, -0.2) is 43.3 Å². The lowest BCUT2D eigenvalue weighted by Crippen LogP contribution is -2.44. The summed E-state index contributed by atoms with van der Waals surface area (Å²) in [6, 6.07) is 9.07. The molecule has 1 aromatic carbocycles. The Balaban J connectivity index is 1.98. The van der Waals surface area contributed by atoms with E-state index in [1.807, 2.05) is 24.3 Å². The maximum absolute atomic E-state index is 11.9. The van der Waals surface area contributed by atoms with Crippen LogP contribution in [0.1, 0.15) is 0 Å². The number of hydrogen-bond acceptors (Lipinski definition) is 5. The summed E-state index contributed by atoms with van der Waals surface area (Å²) in [5.74, 6) is 1.38. The first-order valence-corrected chi connectivity index (χ1v) is 6.98. The molecule has 0 atom stereocenters. The third-order valence-electron chi connectivity index (χ3n) is 3.51. The van der Waals surface area contributed by atoms with Crippen LogP contribution in [0.2, 0.25) is 0 Å². The molecule has 2 heterocycles. The van der Waals surface area contributed by atoms with Gasteiger partial charge in [0.05, 0.1) is 12.8 Å². The molecular weight excluding hydrogens is 268 g/mol. The number of anilines is 1. The molecule has 1 saturated heterocycles. The standard InChI is InChI=1S/C15H18N4O2/c1-21-12-4-2-3-11(9-12)13-10-14(20)18-15(17-13)19-7-5-16-6-8-19/h2-4,9-10,16H,5-8H2,1H3,(H,17,18,20). The molecule has 2 N–H and O–H groups in total. The smallest absolute Gasteiger partial charge is 0.252 e. The van der Waals surface area contributed by atoms with E-state index in [0.29, 0.717) is 11.6 Å². The molecule has 6 nitrogen and oxygen atoms in total. The van der Waals surface area contributed by atoms with E-state index in [1.54, 1.807) is 7.11 Å². The molecule has 1 fully saturated rings. The van der Waals surface area contributed by atoms with E-state index in [0.717, 1.165) is 37.5 Å². The zero-order chi connectivity index (χ0) is 14.7. The van der Waals surface area contributed by atoms with Crippen molar-refractivity contribution in [2.24, 2.45) is 0 Å². The van der Waals surface area contributed by atoms with Crippen molar-refractivity contribution in [3.8, 4) is 17.0 Å². The van der Waals surface area contributed by atoms with E-state index in [4.69, 9.17) is 4.74 Å². The lowest BCUT2D eigenvalue weighted by molar-refractivity contribution is 0.415. The Kier molecular flexibility index (Phi) is 3.87. The number of nitrogens with one attached hydrogen (secondary N) is 2. The fourth-order valence-corrected chi connectivity index (χ4v) is 2.40. The maximum atomic E-state index is 11.9. The largest absolute Gasteiger partial charge is 0.497 e. The molecular formula is C15H18N4O2. The lowest BCUT2D eigenvalue weighted by atomic mass is 10.1. The fourth-order valence-electron chi connectivity index (χ4n) is 2.40. The molecule has 0 saturated carbocycles. The number of aromatic nitrogens is 2. The summed E-state index contributed by atoms with van der Waals surface area (Å²) in [7, 11) is 1.62. The van der Waals surface area contributed by atoms with Crippen molar-refractivity contribution in [3.63, 3.8) is 0 Å². The van der Waals surface area contributed by atoms with Crippen LogP contribution in [0.15, 0.2) is 35.1 Å². The minimum atomic E-state index is -0.142. The number of benzene rings is 1. The SMILES string of the molecule is COc1cccc(-c2cc(=O)[nH]c(N3CCNCC3)n2)c1. The molecule has 0 radical (unpaired) electrons. The minimum absolute atomic E-state index is 0.142. The number of nitrogens with zero attached hydrogens (tertiary/aromatic N) is 2. The summed E-state index contributed by atoms with van der Waals surface area (Å²) in [4.78, 5) is 21.4. The first kappa shape index (κ1) is 13.6. The lowest BCUT2D eigenvalue weighted by Gasteiger charge is -2.27. The van der Waals surface area contributed by atoms with Gasteiger partial charge >= 0.3 is 0 Å². The monoisotopic (exact) mass is 286 g/mol. The van der Waals surface area contributed by atoms with E-state index in [-0.39, 0.29) is 5.56 Å². The Morgan fingerprint density at radius 2 is 2.05 bits per heavy atom. The highest BCUT2D eigenvalue weighted by Gasteiger charge is 2.14. The summed E-state index contributed by atoms with van der Waals surface area (Å²) < 4.78 is 5.22. The first-order chi connectivity index (χ1) is 10.3. The maximum Gasteiger partial charge on any atom is 0.252 e. The van der Waals surface area contributed by atoms with Crippen LogP contribution < -0.4 is 20.5 Å². The number of H-pyrrole nitrogens is 1. The molecule has 0 spiro atoms. The Hall–Kier alpha value is -2.34. The Bertz CT molecular complexity index is 677. The van der Waals surface area contributed by atoms with Crippen LogP contribution in [0.5, 0.6) is 5.75 Å². The molecule has 0 unspecified atom stereocenters. The Morgan fingerprint density at radius 3 is 2.81 bits per heavy atom. The van der Waals surface area contributed by atoms with Crippen LogP contribution in [0.3, 0.4) is 0 Å². The number of aromatic amines is 1. The van der Waals surface area contributed by atoms with Gasteiger partial charge in [-0.05, 0) is 12.1 Å². The van der Waals surface area contributed by atoms with Crippen molar-refractivity contribution in [1.29, 1.82) is 0 Å². The van der Waals surface area contributed by atoms with Crippen molar-refractivity contribution >= 4 is 5.95 Å². The van der Waals surface area contributed by atoms with Crippen LogP contribution in [0, 0.1) is 0 Å². The summed E-state index contributed by atoms with van der Waals surface area (Å²) in [5, 5.41) is 3.28. The van der Waals surface area contributed by atoms with Crippen LogP contribution in [0.25, 0.3) is 11.3 Å². The van der Waals surface area contributed by atoms with Gasteiger partial charge in [-0.2, -0.15) is 0 Å². The average Bonchev–Trinajstić information content (AvgIpc) is 2.55. The summed E-state index contributed by atoms with van der Waals surface area (Å²) in [6.45, 7) is 3.47. The molecule has 3 rings (SSSR count). The predicted octanol–water partition coefficient (Wildman–Crippen LogP) is 0.855. The number of methoxy groups -OCH3 is 1. The third-order valence-corrected chi connectivity index (χ3v) is 3.51. The molecule has 21 heavy (non-hydrogen) atoms. The molecule has 1 aliphatic rings. The van der Waals surface area contributed by atoms with Crippen LogP contribution >= 0.6 is 0 Å². The molecule has 1 aromatic heterocycles. The summed E-state index contributed by atoms with van der Waals surface area (Å²) in [6.07, 6.45) is 0. The van der Waals surface area contributed by atoms with Gasteiger partial charge in [0.2, 0.25) is 5.95 Å². The number of ether oxygens (including phenoxy) is 1. The molecule has 0 aliphatic carbocycles. The van der Waals surface area contributed by atoms with Gasteiger partial charge in [-0.25, -0.2) is 4.98 Å². The van der Waals surface area contributed by atoms with Crippen LogP contribution in [0.4, 0.5) is 5.95 Å². The van der Waals surface area contributed by atoms with Gasteiger partial charge < -0.3 is 15.0 Å². The highest BCUT2D eigenvalue weighted by atomic mass is 16.5. The van der Waals surface area contributed by atoms with Gasteiger partial charge in [0.15, 0.2) is 0 Å². The van der Waals surface area contributed by atoms with Crippen molar-refractivity contribution < 1.29 is 4.74 Å². The second-order valence-electron chi connectivity index (χ2n) is 4.92.